The number of ether oxygens (including phenoxy) is 1. The van der Waals surface area contributed by atoms with Crippen LogP contribution in [-0.2, 0) is 11.2 Å². The Bertz CT molecular complexity index is 947. The summed E-state index contributed by atoms with van der Waals surface area (Å²) in [6, 6.07) is 27.1. The van der Waals surface area contributed by atoms with Gasteiger partial charge < -0.3 is 4.74 Å². The van der Waals surface area contributed by atoms with Gasteiger partial charge in [0.15, 0.2) is 0 Å². The van der Waals surface area contributed by atoms with Crippen molar-refractivity contribution in [3.05, 3.63) is 108 Å². The Labute approximate surface area is 165 Å². The van der Waals surface area contributed by atoms with Gasteiger partial charge >= 0.3 is 0 Å². The Morgan fingerprint density at radius 2 is 1.57 bits per heavy atom. The molecule has 0 saturated heterocycles. The van der Waals surface area contributed by atoms with Crippen molar-refractivity contribution >= 4 is 17.7 Å². The second kappa shape index (κ2) is 9.88. The average molecular weight is 370 g/mol. The molecule has 0 unspecified atom stereocenters. The number of carbonyl (C=O) groups is 1. The van der Waals surface area contributed by atoms with Gasteiger partial charge in [-0.25, -0.2) is 5.43 Å². The van der Waals surface area contributed by atoms with E-state index in [1.807, 2.05) is 97.1 Å². The van der Waals surface area contributed by atoms with Crippen molar-refractivity contribution in [1.29, 1.82) is 0 Å². The number of nitrogens with zero attached hydrogens (tertiary/aromatic N) is 1. The van der Waals surface area contributed by atoms with Crippen LogP contribution in [-0.4, -0.2) is 18.7 Å². The van der Waals surface area contributed by atoms with Crippen molar-refractivity contribution in [1.82, 2.24) is 5.43 Å². The first kappa shape index (κ1) is 19.1. The monoisotopic (exact) mass is 370 g/mol. The molecule has 0 aliphatic rings. The molecule has 0 aliphatic heterocycles. The highest BCUT2D eigenvalue weighted by molar-refractivity contribution is 6.11. The van der Waals surface area contributed by atoms with Gasteiger partial charge in [0, 0.05) is 5.56 Å². The van der Waals surface area contributed by atoms with Crippen LogP contribution in [0.1, 0.15) is 16.7 Å². The quantitative estimate of drug-likeness (QED) is 0.493. The first-order valence-electron chi connectivity index (χ1n) is 9.02. The SMILES string of the molecule is COc1ccc(CC(=O)NN=C(/C=C/c2ccccc2)c2ccccc2)cc1. The molecule has 0 heterocycles. The Balaban J connectivity index is 1.72. The number of allylic oxidation sites excluding steroid dienone is 1. The van der Waals surface area contributed by atoms with Crippen LogP contribution < -0.4 is 10.2 Å². The minimum atomic E-state index is -0.174. The van der Waals surface area contributed by atoms with Gasteiger partial charge in [0.05, 0.1) is 19.2 Å². The maximum absolute atomic E-state index is 12.3. The summed E-state index contributed by atoms with van der Waals surface area (Å²) in [4.78, 5) is 12.3. The summed E-state index contributed by atoms with van der Waals surface area (Å²) < 4.78 is 5.14. The minimum absolute atomic E-state index is 0.174. The summed E-state index contributed by atoms with van der Waals surface area (Å²) in [5, 5.41) is 4.34. The normalized spacial score (nSPS) is 11.4. The predicted octanol–water partition coefficient (Wildman–Crippen LogP) is 4.47. The zero-order valence-corrected chi connectivity index (χ0v) is 15.7. The van der Waals surface area contributed by atoms with Crippen molar-refractivity contribution in [3.8, 4) is 5.75 Å². The Kier molecular flexibility index (Phi) is 6.74. The van der Waals surface area contributed by atoms with Gasteiger partial charge in [-0.05, 0) is 29.3 Å². The lowest BCUT2D eigenvalue weighted by Gasteiger charge is -2.05. The second-order valence-electron chi connectivity index (χ2n) is 6.17. The van der Waals surface area contributed by atoms with Gasteiger partial charge in [0.2, 0.25) is 5.91 Å². The smallest absolute Gasteiger partial charge is 0.244 e. The van der Waals surface area contributed by atoms with Gasteiger partial charge in [-0.1, -0.05) is 78.9 Å². The molecule has 3 aromatic carbocycles. The van der Waals surface area contributed by atoms with E-state index in [0.29, 0.717) is 5.71 Å². The van der Waals surface area contributed by atoms with Crippen molar-refractivity contribution in [2.75, 3.05) is 7.11 Å². The lowest BCUT2D eigenvalue weighted by molar-refractivity contribution is -0.120. The third-order valence-corrected chi connectivity index (χ3v) is 4.13. The molecule has 3 aromatic rings. The standard InChI is InChI=1S/C24H22N2O2/c1-28-22-15-12-20(13-16-22)18-24(27)26-25-23(21-10-6-3-7-11-21)17-14-19-8-4-2-5-9-19/h2-17H,18H2,1H3,(H,26,27)/b17-14+,25-23?. The summed E-state index contributed by atoms with van der Waals surface area (Å²) >= 11 is 0. The molecule has 4 heteroatoms. The number of amides is 1. The maximum atomic E-state index is 12.3. The highest BCUT2D eigenvalue weighted by Gasteiger charge is 2.05. The van der Waals surface area contributed by atoms with Crippen molar-refractivity contribution < 1.29 is 9.53 Å². The molecule has 0 fully saturated rings. The topological polar surface area (TPSA) is 50.7 Å². The van der Waals surface area contributed by atoms with E-state index in [1.54, 1.807) is 7.11 Å². The molecule has 0 radical (unpaired) electrons. The highest BCUT2D eigenvalue weighted by atomic mass is 16.5. The molecule has 0 saturated carbocycles. The van der Waals surface area contributed by atoms with Crippen molar-refractivity contribution in [2.24, 2.45) is 5.10 Å². The van der Waals surface area contributed by atoms with Gasteiger partial charge in [-0.3, -0.25) is 4.79 Å². The van der Waals surface area contributed by atoms with Crippen molar-refractivity contribution in [2.45, 2.75) is 6.42 Å². The van der Waals surface area contributed by atoms with E-state index in [9.17, 15) is 4.79 Å². The van der Waals surface area contributed by atoms with Crippen LogP contribution >= 0.6 is 0 Å². The van der Waals surface area contributed by atoms with Gasteiger partial charge in [-0.2, -0.15) is 5.10 Å². The van der Waals surface area contributed by atoms with E-state index < -0.39 is 0 Å². The molecule has 0 atom stereocenters. The summed E-state index contributed by atoms with van der Waals surface area (Å²) in [7, 11) is 1.62. The van der Waals surface area contributed by atoms with E-state index in [2.05, 4.69) is 10.5 Å². The number of hydrogen-bond acceptors (Lipinski definition) is 3. The van der Waals surface area contributed by atoms with Crippen LogP contribution in [0.2, 0.25) is 0 Å². The van der Waals surface area contributed by atoms with E-state index >= 15 is 0 Å². The fraction of sp³-hybridized carbons (Fsp3) is 0.0833. The molecule has 3 rings (SSSR count). The molecule has 0 bridgehead atoms. The van der Waals surface area contributed by atoms with Gasteiger partial charge in [0.1, 0.15) is 5.75 Å². The van der Waals surface area contributed by atoms with Crippen molar-refractivity contribution in [3.63, 3.8) is 0 Å². The molecule has 1 N–H and O–H groups in total. The molecule has 0 aliphatic carbocycles. The molecular weight excluding hydrogens is 348 g/mol. The van der Waals surface area contributed by atoms with Crippen LogP contribution in [0.15, 0.2) is 96.1 Å². The third kappa shape index (κ3) is 5.68. The Morgan fingerprint density at radius 1 is 0.929 bits per heavy atom. The van der Waals surface area contributed by atoms with Gasteiger partial charge in [0.25, 0.3) is 0 Å². The van der Waals surface area contributed by atoms with E-state index in [0.717, 1.165) is 22.4 Å². The average Bonchev–Trinajstić information content (AvgIpc) is 2.75. The van der Waals surface area contributed by atoms with Crippen LogP contribution in [0.4, 0.5) is 0 Å². The van der Waals surface area contributed by atoms with Gasteiger partial charge in [-0.15, -0.1) is 0 Å². The number of hydrogen-bond donors (Lipinski definition) is 1. The Morgan fingerprint density at radius 3 is 2.21 bits per heavy atom. The molecule has 140 valence electrons. The lowest BCUT2D eigenvalue weighted by Crippen LogP contribution is -2.21. The first-order chi connectivity index (χ1) is 13.7. The Hall–Kier alpha value is -3.66. The molecular formula is C24H22N2O2. The molecule has 28 heavy (non-hydrogen) atoms. The first-order valence-corrected chi connectivity index (χ1v) is 9.02. The van der Waals surface area contributed by atoms with Crippen LogP contribution in [0.25, 0.3) is 6.08 Å². The van der Waals surface area contributed by atoms with E-state index in [1.165, 1.54) is 0 Å². The third-order valence-electron chi connectivity index (χ3n) is 4.13. The number of methoxy groups -OCH3 is 1. The number of carbonyl (C=O) groups excluding carboxylic acids is 1. The summed E-state index contributed by atoms with van der Waals surface area (Å²) in [5.41, 5.74) is 6.24. The summed E-state index contributed by atoms with van der Waals surface area (Å²) in [5.74, 6) is 0.589. The maximum Gasteiger partial charge on any atom is 0.244 e. The van der Waals surface area contributed by atoms with Crippen LogP contribution in [0.3, 0.4) is 0 Å². The highest BCUT2D eigenvalue weighted by Crippen LogP contribution is 2.12. The lowest BCUT2D eigenvalue weighted by atomic mass is 10.1. The second-order valence-corrected chi connectivity index (χ2v) is 6.17. The zero-order chi connectivity index (χ0) is 19.6. The van der Waals surface area contributed by atoms with E-state index in [-0.39, 0.29) is 12.3 Å². The fourth-order valence-corrected chi connectivity index (χ4v) is 2.64. The largest absolute Gasteiger partial charge is 0.497 e. The molecule has 0 spiro atoms. The molecule has 1 amide bonds. The number of hydrazone groups is 1. The number of rotatable bonds is 7. The zero-order valence-electron chi connectivity index (χ0n) is 15.7. The van der Waals surface area contributed by atoms with Crippen LogP contribution in [0.5, 0.6) is 5.75 Å². The summed E-state index contributed by atoms with van der Waals surface area (Å²) in [6.45, 7) is 0. The number of benzene rings is 3. The molecule has 0 aromatic heterocycles. The number of nitrogens with one attached hydrogen (secondary N) is 1. The van der Waals surface area contributed by atoms with Crippen LogP contribution in [0, 0.1) is 0 Å². The summed E-state index contributed by atoms with van der Waals surface area (Å²) in [6.07, 6.45) is 4.12. The van der Waals surface area contributed by atoms with E-state index in [4.69, 9.17) is 4.74 Å². The minimum Gasteiger partial charge on any atom is -0.497 e. The predicted molar refractivity (Wildman–Crippen MR) is 113 cm³/mol. The fourth-order valence-electron chi connectivity index (χ4n) is 2.64. The molecule has 4 nitrogen and oxygen atoms in total.